The maximum Gasteiger partial charge on any atom is 0.246 e. The highest BCUT2D eigenvalue weighted by Crippen LogP contribution is 2.43. The van der Waals surface area contributed by atoms with Gasteiger partial charge in [0.15, 0.2) is 0 Å². The van der Waals surface area contributed by atoms with Crippen LogP contribution in [0.15, 0.2) is 34.9 Å². The Morgan fingerprint density at radius 2 is 2.21 bits per heavy atom. The van der Waals surface area contributed by atoms with Gasteiger partial charge in [0.2, 0.25) is 17.6 Å². The van der Waals surface area contributed by atoms with E-state index in [0.29, 0.717) is 17.6 Å². The van der Waals surface area contributed by atoms with Crippen molar-refractivity contribution in [2.24, 2.45) is 11.3 Å². The third kappa shape index (κ3) is 2.71. The molecule has 1 aliphatic heterocycles. The second-order valence-corrected chi connectivity index (χ2v) is 6.79. The number of rotatable bonds is 4. The summed E-state index contributed by atoms with van der Waals surface area (Å²) in [6.45, 7) is 2.02. The molecule has 2 N–H and O–H groups in total. The van der Waals surface area contributed by atoms with E-state index < -0.39 is 0 Å². The van der Waals surface area contributed by atoms with Gasteiger partial charge in [0.05, 0.1) is 12.0 Å². The Labute approximate surface area is 141 Å². The first-order valence-corrected chi connectivity index (χ1v) is 8.65. The van der Waals surface area contributed by atoms with Crippen molar-refractivity contribution in [3.8, 4) is 11.4 Å². The summed E-state index contributed by atoms with van der Waals surface area (Å²) in [5.41, 5.74) is 0.658. The number of benzene rings is 1. The van der Waals surface area contributed by atoms with Gasteiger partial charge in [0.25, 0.3) is 0 Å². The zero-order chi connectivity index (χ0) is 16.4. The summed E-state index contributed by atoms with van der Waals surface area (Å²) < 4.78 is 5.27. The molecule has 0 unspecified atom stereocenters. The van der Waals surface area contributed by atoms with Crippen LogP contribution < -0.4 is 10.6 Å². The van der Waals surface area contributed by atoms with Gasteiger partial charge in [-0.1, -0.05) is 48.3 Å². The summed E-state index contributed by atoms with van der Waals surface area (Å²) in [6, 6.07) is 9.68. The van der Waals surface area contributed by atoms with Crippen LogP contribution in [0.3, 0.4) is 0 Å². The second-order valence-electron chi connectivity index (χ2n) is 6.79. The van der Waals surface area contributed by atoms with E-state index in [-0.39, 0.29) is 17.9 Å². The van der Waals surface area contributed by atoms with Crippen molar-refractivity contribution in [1.82, 2.24) is 20.8 Å². The molecule has 4 rings (SSSR count). The summed E-state index contributed by atoms with van der Waals surface area (Å²) >= 11 is 0. The van der Waals surface area contributed by atoms with E-state index in [1.807, 2.05) is 30.3 Å². The average molecular weight is 326 g/mol. The lowest BCUT2D eigenvalue weighted by Crippen LogP contribution is -2.47. The lowest BCUT2D eigenvalue weighted by atomic mass is 9.67. The highest BCUT2D eigenvalue weighted by atomic mass is 16.5. The van der Waals surface area contributed by atoms with Gasteiger partial charge in [-0.2, -0.15) is 4.98 Å². The molecule has 2 atom stereocenters. The van der Waals surface area contributed by atoms with Crippen molar-refractivity contribution in [2.45, 2.75) is 32.2 Å². The smallest absolute Gasteiger partial charge is 0.246 e. The highest BCUT2D eigenvalue weighted by molar-refractivity contribution is 5.83. The summed E-state index contributed by atoms with van der Waals surface area (Å²) in [5.74, 6) is 1.57. The standard InChI is InChI=1S/C18H22N4O2/c23-17(18-9-5-4-8-14(18)10-19-12-18)20-11-15-21-16(22-24-15)13-6-2-1-3-7-13/h1-3,6-7,14,19H,4-5,8-12H2,(H,20,23)/t14-,18+/m0/s1. The Balaban J connectivity index is 1.42. The van der Waals surface area contributed by atoms with E-state index in [9.17, 15) is 4.79 Å². The van der Waals surface area contributed by atoms with Crippen LogP contribution in [0.1, 0.15) is 31.6 Å². The molecule has 2 heterocycles. The summed E-state index contributed by atoms with van der Waals surface area (Å²) in [7, 11) is 0. The molecule has 6 heteroatoms. The van der Waals surface area contributed by atoms with Gasteiger partial charge in [-0.15, -0.1) is 0 Å². The fraction of sp³-hybridized carbons (Fsp3) is 0.500. The maximum atomic E-state index is 12.8. The van der Waals surface area contributed by atoms with Gasteiger partial charge >= 0.3 is 0 Å². The molecule has 0 radical (unpaired) electrons. The molecule has 1 amide bonds. The minimum absolute atomic E-state index is 0.122. The molecule has 2 aliphatic rings. The lowest BCUT2D eigenvalue weighted by molar-refractivity contribution is -0.134. The lowest BCUT2D eigenvalue weighted by Gasteiger charge is -2.36. The molecular formula is C18H22N4O2. The van der Waals surface area contributed by atoms with Crippen molar-refractivity contribution < 1.29 is 9.32 Å². The largest absolute Gasteiger partial charge is 0.346 e. The first kappa shape index (κ1) is 15.3. The number of nitrogens with one attached hydrogen (secondary N) is 2. The Kier molecular flexibility index (Phi) is 4.06. The van der Waals surface area contributed by atoms with Gasteiger partial charge in [-0.25, -0.2) is 0 Å². The summed E-state index contributed by atoms with van der Waals surface area (Å²) in [6.07, 6.45) is 4.46. The Morgan fingerprint density at radius 3 is 3.08 bits per heavy atom. The van der Waals surface area contributed by atoms with Crippen LogP contribution in [-0.4, -0.2) is 29.1 Å². The Bertz CT molecular complexity index is 715. The van der Waals surface area contributed by atoms with Crippen molar-refractivity contribution in [1.29, 1.82) is 0 Å². The molecule has 1 aromatic carbocycles. The number of amides is 1. The second kappa shape index (κ2) is 6.36. The van der Waals surface area contributed by atoms with Gasteiger partial charge < -0.3 is 15.2 Å². The predicted molar refractivity (Wildman–Crippen MR) is 88.8 cm³/mol. The zero-order valence-electron chi connectivity index (χ0n) is 13.6. The van der Waals surface area contributed by atoms with Crippen LogP contribution in [0, 0.1) is 11.3 Å². The molecule has 1 aliphatic carbocycles. The molecule has 1 saturated carbocycles. The zero-order valence-corrected chi connectivity index (χ0v) is 13.6. The molecule has 0 spiro atoms. The van der Waals surface area contributed by atoms with Crippen LogP contribution in [0.4, 0.5) is 0 Å². The van der Waals surface area contributed by atoms with E-state index in [0.717, 1.165) is 37.9 Å². The monoisotopic (exact) mass is 326 g/mol. The van der Waals surface area contributed by atoms with E-state index in [1.54, 1.807) is 0 Å². The number of carbonyl (C=O) groups excluding carboxylic acids is 1. The number of fused-ring (bicyclic) bond motifs is 1. The molecule has 6 nitrogen and oxygen atoms in total. The van der Waals surface area contributed by atoms with Crippen LogP contribution in [0.25, 0.3) is 11.4 Å². The SMILES string of the molecule is O=C(NCc1nc(-c2ccccc2)no1)[C@@]12CCCC[C@H]1CNC2. The number of aromatic nitrogens is 2. The van der Waals surface area contributed by atoms with Crippen molar-refractivity contribution in [3.05, 3.63) is 36.2 Å². The molecular weight excluding hydrogens is 304 g/mol. The number of nitrogens with zero attached hydrogens (tertiary/aromatic N) is 2. The summed E-state index contributed by atoms with van der Waals surface area (Å²) in [4.78, 5) is 17.2. The molecule has 1 aromatic heterocycles. The normalized spacial score (nSPS) is 26.1. The quantitative estimate of drug-likeness (QED) is 0.900. The Hall–Kier alpha value is -2.21. The van der Waals surface area contributed by atoms with Crippen LogP contribution in [0.2, 0.25) is 0 Å². The highest BCUT2D eigenvalue weighted by Gasteiger charge is 2.49. The minimum atomic E-state index is -0.249. The van der Waals surface area contributed by atoms with E-state index in [1.165, 1.54) is 6.42 Å². The van der Waals surface area contributed by atoms with Gasteiger partial charge in [0.1, 0.15) is 0 Å². The Morgan fingerprint density at radius 1 is 1.33 bits per heavy atom. The molecule has 0 bridgehead atoms. The van der Waals surface area contributed by atoms with Crippen LogP contribution in [0.5, 0.6) is 0 Å². The van der Waals surface area contributed by atoms with Crippen molar-refractivity contribution in [3.63, 3.8) is 0 Å². The topological polar surface area (TPSA) is 80.1 Å². The van der Waals surface area contributed by atoms with Crippen molar-refractivity contribution >= 4 is 5.91 Å². The molecule has 24 heavy (non-hydrogen) atoms. The first-order chi connectivity index (χ1) is 11.8. The fourth-order valence-corrected chi connectivity index (χ4v) is 4.05. The average Bonchev–Trinajstić information content (AvgIpc) is 3.28. The number of hydrogen-bond acceptors (Lipinski definition) is 5. The van der Waals surface area contributed by atoms with Crippen LogP contribution in [-0.2, 0) is 11.3 Å². The molecule has 1 saturated heterocycles. The van der Waals surface area contributed by atoms with E-state index >= 15 is 0 Å². The van der Waals surface area contributed by atoms with Gasteiger partial charge in [-0.05, 0) is 25.3 Å². The molecule has 2 aromatic rings. The number of carbonyl (C=O) groups is 1. The predicted octanol–water partition coefficient (Wildman–Crippen LogP) is 2.13. The maximum absolute atomic E-state index is 12.8. The summed E-state index contributed by atoms with van der Waals surface area (Å²) in [5, 5.41) is 10.4. The fourth-order valence-electron chi connectivity index (χ4n) is 4.05. The van der Waals surface area contributed by atoms with Crippen LogP contribution >= 0.6 is 0 Å². The van der Waals surface area contributed by atoms with E-state index in [2.05, 4.69) is 20.8 Å². The van der Waals surface area contributed by atoms with Gasteiger partial charge in [0, 0.05) is 12.1 Å². The molecule has 2 fully saturated rings. The van der Waals surface area contributed by atoms with E-state index in [4.69, 9.17) is 4.52 Å². The molecule has 126 valence electrons. The first-order valence-electron chi connectivity index (χ1n) is 8.65. The minimum Gasteiger partial charge on any atom is -0.346 e. The van der Waals surface area contributed by atoms with Gasteiger partial charge in [-0.3, -0.25) is 4.79 Å². The number of hydrogen-bond donors (Lipinski definition) is 2. The third-order valence-electron chi connectivity index (χ3n) is 5.39. The third-order valence-corrected chi connectivity index (χ3v) is 5.39. The van der Waals surface area contributed by atoms with Crippen molar-refractivity contribution in [2.75, 3.05) is 13.1 Å².